The van der Waals surface area contributed by atoms with Crippen molar-refractivity contribution >= 4 is 34.6 Å². The number of nitrogen functional groups attached to an aromatic ring is 1. The van der Waals surface area contributed by atoms with Crippen LogP contribution >= 0.6 is 11.6 Å². The molecule has 0 saturated carbocycles. The number of hydrogen-bond acceptors (Lipinski definition) is 5. The Balaban J connectivity index is 2.31. The Morgan fingerprint density at radius 2 is 2.00 bits per heavy atom. The number of phenolic OH excluding ortho intramolecular Hbond substituents is 1. The van der Waals surface area contributed by atoms with Gasteiger partial charge in [0.15, 0.2) is 0 Å². The topological polar surface area (TPSA) is 118 Å². The number of aromatic hydroxyl groups is 1. The molecular weight excluding hydrogens is 298 g/mol. The minimum Gasteiger partial charge on any atom is -0.506 e. The van der Waals surface area contributed by atoms with Crippen molar-refractivity contribution in [2.45, 2.75) is 0 Å². The van der Waals surface area contributed by atoms with E-state index in [1.807, 2.05) is 0 Å². The first-order valence-corrected chi connectivity index (χ1v) is 6.10. The molecule has 8 heteroatoms. The highest BCUT2D eigenvalue weighted by Gasteiger charge is 2.15. The molecule has 0 unspecified atom stereocenters. The number of amides is 1. The average Bonchev–Trinajstić information content (AvgIpc) is 2.40. The third kappa shape index (κ3) is 3.21. The van der Waals surface area contributed by atoms with Crippen molar-refractivity contribution in [3.63, 3.8) is 0 Å². The number of benzene rings is 2. The van der Waals surface area contributed by atoms with Gasteiger partial charge in [0.05, 0.1) is 16.2 Å². The highest BCUT2D eigenvalue weighted by molar-refractivity contribution is 6.31. The molecule has 0 aromatic heterocycles. The molecule has 0 bridgehead atoms. The van der Waals surface area contributed by atoms with Gasteiger partial charge >= 0.3 is 0 Å². The zero-order chi connectivity index (χ0) is 15.6. The summed E-state index contributed by atoms with van der Waals surface area (Å²) in [6.45, 7) is 0. The highest BCUT2D eigenvalue weighted by Crippen LogP contribution is 2.29. The summed E-state index contributed by atoms with van der Waals surface area (Å²) >= 11 is 5.74. The van der Waals surface area contributed by atoms with Gasteiger partial charge in [-0.1, -0.05) is 11.6 Å². The molecule has 2 aromatic carbocycles. The van der Waals surface area contributed by atoms with E-state index in [-0.39, 0.29) is 28.4 Å². The van der Waals surface area contributed by atoms with Crippen LogP contribution in [0.5, 0.6) is 5.75 Å². The second-order valence-electron chi connectivity index (χ2n) is 4.14. The minimum absolute atomic E-state index is 0.0800. The second kappa shape index (κ2) is 5.68. The maximum atomic E-state index is 12.1. The molecule has 0 aliphatic rings. The SMILES string of the molecule is Nc1cc(Cl)ccc1C(=O)Nc1cc([N+](=O)[O-])ccc1O. The molecule has 1 amide bonds. The molecule has 0 saturated heterocycles. The van der Waals surface area contributed by atoms with Gasteiger partial charge in [0.2, 0.25) is 0 Å². The fourth-order valence-corrected chi connectivity index (χ4v) is 1.85. The molecule has 4 N–H and O–H groups in total. The van der Waals surface area contributed by atoms with Crippen LogP contribution in [0.2, 0.25) is 5.02 Å². The Morgan fingerprint density at radius 3 is 2.62 bits per heavy atom. The van der Waals surface area contributed by atoms with E-state index < -0.39 is 10.8 Å². The quantitative estimate of drug-likeness (QED) is 0.349. The number of nitro benzene ring substituents is 1. The van der Waals surface area contributed by atoms with Gasteiger partial charge in [0.1, 0.15) is 5.75 Å². The van der Waals surface area contributed by atoms with Crippen LogP contribution in [-0.2, 0) is 0 Å². The molecule has 2 rings (SSSR count). The second-order valence-corrected chi connectivity index (χ2v) is 4.58. The molecule has 0 aliphatic heterocycles. The van der Waals surface area contributed by atoms with Gasteiger partial charge in [-0.05, 0) is 24.3 Å². The summed E-state index contributed by atoms with van der Waals surface area (Å²) in [4.78, 5) is 22.1. The maximum Gasteiger partial charge on any atom is 0.271 e. The van der Waals surface area contributed by atoms with E-state index in [0.717, 1.165) is 18.2 Å². The summed E-state index contributed by atoms with van der Waals surface area (Å²) in [6.07, 6.45) is 0. The third-order valence-electron chi connectivity index (χ3n) is 2.70. The van der Waals surface area contributed by atoms with E-state index >= 15 is 0 Å². The standard InChI is InChI=1S/C13H10ClN3O4/c14-7-1-3-9(10(15)5-7)13(19)16-11-6-8(17(20)21)2-4-12(11)18/h1-6,18H,15H2,(H,16,19). The van der Waals surface area contributed by atoms with E-state index in [1.165, 1.54) is 18.2 Å². The lowest BCUT2D eigenvalue weighted by molar-refractivity contribution is -0.384. The Morgan fingerprint density at radius 1 is 1.29 bits per heavy atom. The number of hydrogen-bond donors (Lipinski definition) is 3. The number of anilines is 2. The van der Waals surface area contributed by atoms with Crippen molar-refractivity contribution in [1.82, 2.24) is 0 Å². The van der Waals surface area contributed by atoms with Crippen LogP contribution in [0, 0.1) is 10.1 Å². The van der Waals surface area contributed by atoms with Crippen LogP contribution in [0.1, 0.15) is 10.4 Å². The van der Waals surface area contributed by atoms with Crippen LogP contribution < -0.4 is 11.1 Å². The Bertz CT molecular complexity index is 733. The number of halogens is 1. The fourth-order valence-electron chi connectivity index (χ4n) is 1.67. The maximum absolute atomic E-state index is 12.1. The van der Waals surface area contributed by atoms with Crippen molar-refractivity contribution < 1.29 is 14.8 Å². The van der Waals surface area contributed by atoms with Gasteiger partial charge < -0.3 is 16.2 Å². The Kier molecular flexibility index (Phi) is 3.95. The molecule has 108 valence electrons. The number of nitro groups is 1. The summed E-state index contributed by atoms with van der Waals surface area (Å²) < 4.78 is 0. The van der Waals surface area contributed by atoms with Gasteiger partial charge in [-0.2, -0.15) is 0 Å². The molecule has 21 heavy (non-hydrogen) atoms. The lowest BCUT2D eigenvalue weighted by Gasteiger charge is -2.09. The van der Waals surface area contributed by atoms with Gasteiger partial charge in [-0.25, -0.2) is 0 Å². The van der Waals surface area contributed by atoms with Crippen molar-refractivity contribution in [2.75, 3.05) is 11.1 Å². The number of nitrogens with zero attached hydrogens (tertiary/aromatic N) is 1. The van der Waals surface area contributed by atoms with Gasteiger partial charge in [-0.3, -0.25) is 14.9 Å². The van der Waals surface area contributed by atoms with Crippen molar-refractivity contribution in [2.24, 2.45) is 0 Å². The van der Waals surface area contributed by atoms with E-state index in [2.05, 4.69) is 5.32 Å². The smallest absolute Gasteiger partial charge is 0.271 e. The normalized spacial score (nSPS) is 10.1. The molecule has 2 aromatic rings. The number of nitrogens with one attached hydrogen (secondary N) is 1. The Labute approximate surface area is 124 Å². The third-order valence-corrected chi connectivity index (χ3v) is 2.93. The summed E-state index contributed by atoms with van der Waals surface area (Å²) in [6, 6.07) is 7.62. The lowest BCUT2D eigenvalue weighted by Crippen LogP contribution is -2.14. The number of carbonyl (C=O) groups excluding carboxylic acids is 1. The first kappa shape index (κ1) is 14.6. The van der Waals surface area contributed by atoms with Crippen LogP contribution in [0.4, 0.5) is 17.1 Å². The largest absolute Gasteiger partial charge is 0.506 e. The van der Waals surface area contributed by atoms with Crippen molar-refractivity contribution in [3.8, 4) is 5.75 Å². The van der Waals surface area contributed by atoms with E-state index in [0.29, 0.717) is 5.02 Å². The number of phenols is 1. The summed E-state index contributed by atoms with van der Waals surface area (Å²) in [7, 11) is 0. The van der Waals surface area contributed by atoms with E-state index in [4.69, 9.17) is 17.3 Å². The summed E-state index contributed by atoms with van der Waals surface area (Å²) in [5, 5.41) is 23.1. The highest BCUT2D eigenvalue weighted by atomic mass is 35.5. The predicted octanol–water partition coefficient (Wildman–Crippen LogP) is 2.79. The zero-order valence-electron chi connectivity index (χ0n) is 10.5. The molecule has 0 aliphatic carbocycles. The van der Waals surface area contributed by atoms with Crippen LogP contribution in [-0.4, -0.2) is 15.9 Å². The monoisotopic (exact) mass is 307 g/mol. The Hall–Kier alpha value is -2.80. The average molecular weight is 308 g/mol. The number of non-ortho nitro benzene ring substituents is 1. The van der Waals surface area contributed by atoms with Crippen LogP contribution in [0.15, 0.2) is 36.4 Å². The lowest BCUT2D eigenvalue weighted by atomic mass is 10.1. The molecule has 0 fully saturated rings. The number of rotatable bonds is 3. The van der Waals surface area contributed by atoms with Crippen LogP contribution in [0.25, 0.3) is 0 Å². The predicted molar refractivity (Wildman–Crippen MR) is 78.6 cm³/mol. The summed E-state index contributed by atoms with van der Waals surface area (Å²) in [5.41, 5.74) is 5.64. The van der Waals surface area contributed by atoms with Gasteiger partial charge in [0, 0.05) is 22.8 Å². The zero-order valence-corrected chi connectivity index (χ0v) is 11.3. The first-order chi connectivity index (χ1) is 9.88. The molecule has 0 atom stereocenters. The fraction of sp³-hybridized carbons (Fsp3) is 0. The molecule has 0 heterocycles. The van der Waals surface area contributed by atoms with Crippen molar-refractivity contribution in [1.29, 1.82) is 0 Å². The summed E-state index contributed by atoms with van der Waals surface area (Å²) in [5.74, 6) is -0.901. The van der Waals surface area contributed by atoms with E-state index in [9.17, 15) is 20.0 Å². The first-order valence-electron chi connectivity index (χ1n) is 5.72. The van der Waals surface area contributed by atoms with E-state index in [1.54, 1.807) is 0 Å². The number of carbonyl (C=O) groups is 1. The molecule has 7 nitrogen and oxygen atoms in total. The van der Waals surface area contributed by atoms with Crippen LogP contribution in [0.3, 0.4) is 0 Å². The van der Waals surface area contributed by atoms with Gasteiger partial charge in [-0.15, -0.1) is 0 Å². The molecule has 0 radical (unpaired) electrons. The minimum atomic E-state index is -0.633. The molecule has 0 spiro atoms. The molecular formula is C13H10ClN3O4. The van der Waals surface area contributed by atoms with Crippen molar-refractivity contribution in [3.05, 3.63) is 57.1 Å². The number of nitrogens with two attached hydrogens (primary N) is 1. The van der Waals surface area contributed by atoms with Gasteiger partial charge in [0.25, 0.3) is 11.6 Å².